The van der Waals surface area contributed by atoms with Crippen molar-refractivity contribution < 1.29 is 4.42 Å². The Labute approximate surface area is 335 Å². The first-order valence-corrected chi connectivity index (χ1v) is 21.8. The fraction of sp³-hybridized carbons (Fsp3) is 0. The first-order valence-electron chi connectivity index (χ1n) is 19.8. The molecule has 12 aromatic rings. The van der Waals surface area contributed by atoms with Gasteiger partial charge in [-0.05, 0) is 69.3 Å². The predicted octanol–water partition coefficient (Wildman–Crippen LogP) is 10.6. The molecule has 0 aliphatic heterocycles. The third-order valence-electron chi connectivity index (χ3n) is 12.1. The first-order chi connectivity index (χ1) is 28.8. The molecule has 0 aliphatic rings. The molecule has 0 amide bonds. The Morgan fingerprint density at radius 1 is 0.362 bits per heavy atom. The average Bonchev–Trinajstić information content (AvgIpc) is 3.95. The third kappa shape index (κ3) is 4.65. The zero-order valence-corrected chi connectivity index (χ0v) is 32.5. The van der Waals surface area contributed by atoms with E-state index in [4.69, 9.17) is 9.40 Å². The molecule has 0 N–H and O–H groups in total. The zero-order chi connectivity index (χ0) is 38.2. The van der Waals surface area contributed by atoms with Crippen LogP contribution in [0.2, 0.25) is 0 Å². The van der Waals surface area contributed by atoms with Crippen LogP contribution >= 0.6 is 0 Å². The largest absolute Gasteiger partial charge is 0.452 e. The van der Waals surface area contributed by atoms with E-state index >= 15 is 0 Å². The Balaban J connectivity index is 1.22. The van der Waals surface area contributed by atoms with Gasteiger partial charge in [0.25, 0.3) is 0 Å². The summed E-state index contributed by atoms with van der Waals surface area (Å²) in [6, 6.07) is 75.3. The van der Waals surface area contributed by atoms with Gasteiger partial charge in [-0.2, -0.15) is 0 Å². The molecule has 4 heterocycles. The summed E-state index contributed by atoms with van der Waals surface area (Å²) in [5, 5.41) is 12.3. The van der Waals surface area contributed by atoms with Gasteiger partial charge in [-0.1, -0.05) is 158 Å². The van der Waals surface area contributed by atoms with Crippen molar-refractivity contribution in [2.24, 2.45) is 0 Å². The molecule has 5 heteroatoms. The molecule has 0 unspecified atom stereocenters. The van der Waals surface area contributed by atoms with Crippen LogP contribution in [0, 0.1) is 0 Å². The summed E-state index contributed by atoms with van der Waals surface area (Å²) in [5.41, 5.74) is 7.27. The van der Waals surface area contributed by atoms with E-state index in [9.17, 15) is 0 Å². The van der Waals surface area contributed by atoms with Gasteiger partial charge in [0, 0.05) is 44.2 Å². The number of fused-ring (bicyclic) bond motifs is 9. The number of rotatable bonds is 6. The lowest BCUT2D eigenvalue weighted by Crippen LogP contribution is -2.74. The second kappa shape index (κ2) is 12.8. The molecule has 272 valence electrons. The van der Waals surface area contributed by atoms with Crippen LogP contribution in [0.3, 0.4) is 0 Å². The van der Waals surface area contributed by atoms with Gasteiger partial charge in [0.2, 0.25) is 0 Å². The molecule has 0 saturated heterocycles. The van der Waals surface area contributed by atoms with E-state index in [0.717, 1.165) is 49.9 Å². The third-order valence-corrected chi connectivity index (χ3v) is 16.9. The molecular formula is C53H35N3OSi. The van der Waals surface area contributed by atoms with E-state index < -0.39 is 8.07 Å². The molecule has 8 aromatic carbocycles. The van der Waals surface area contributed by atoms with Gasteiger partial charge in [-0.3, -0.25) is 4.57 Å². The molecule has 0 saturated carbocycles. The molecule has 0 aliphatic carbocycles. The summed E-state index contributed by atoms with van der Waals surface area (Å²) >= 11 is 0. The molecule has 4 aromatic heterocycles. The Morgan fingerprint density at radius 2 is 0.862 bits per heavy atom. The van der Waals surface area contributed by atoms with E-state index in [0.29, 0.717) is 0 Å². The molecule has 12 rings (SSSR count). The van der Waals surface area contributed by atoms with Gasteiger partial charge < -0.3 is 8.98 Å². The minimum atomic E-state index is -2.83. The highest BCUT2D eigenvalue weighted by atomic mass is 28.3. The van der Waals surface area contributed by atoms with Crippen molar-refractivity contribution in [1.82, 2.24) is 14.1 Å². The van der Waals surface area contributed by atoms with Crippen molar-refractivity contribution in [1.29, 1.82) is 0 Å². The maximum Gasteiger partial charge on any atom is 0.181 e. The van der Waals surface area contributed by atoms with E-state index in [2.05, 4.69) is 203 Å². The molecule has 0 spiro atoms. The minimum Gasteiger partial charge on any atom is -0.452 e. The lowest BCUT2D eigenvalue weighted by Gasteiger charge is -2.34. The quantitative estimate of drug-likeness (QED) is 0.125. The van der Waals surface area contributed by atoms with Gasteiger partial charge in [-0.15, -0.1) is 0 Å². The van der Waals surface area contributed by atoms with Crippen molar-refractivity contribution >= 4 is 94.4 Å². The van der Waals surface area contributed by atoms with Crippen molar-refractivity contribution in [3.63, 3.8) is 0 Å². The highest BCUT2D eigenvalue weighted by molar-refractivity contribution is 7.20. The lowest BCUT2D eigenvalue weighted by molar-refractivity contribution is 0.663. The molecule has 0 fully saturated rings. The molecule has 4 nitrogen and oxygen atoms in total. The standard InChI is InChI=1S/C53H35N3OSi/c1-4-16-37(17-5-1)58(38-18-6-2-7-19-38,39-20-8-3-9-21-39)40-29-31-50-46(35-40)45-34-36(55-47-25-13-10-22-41(47)42-23-11-14-26-48(42)55)28-30-49(45)56(50)53-52-44(32-33-54-53)43-24-12-15-27-51(43)57-52/h1-35H. The smallest absolute Gasteiger partial charge is 0.181 e. The number of benzene rings is 8. The number of furan rings is 1. The van der Waals surface area contributed by atoms with E-state index in [1.54, 1.807) is 0 Å². The van der Waals surface area contributed by atoms with Gasteiger partial charge in [0.05, 0.1) is 22.1 Å². The Bertz CT molecular complexity index is 3360. The lowest BCUT2D eigenvalue weighted by atomic mass is 10.1. The second-order valence-corrected chi connectivity index (χ2v) is 18.9. The molecule has 0 radical (unpaired) electrons. The van der Waals surface area contributed by atoms with E-state index in [-0.39, 0.29) is 0 Å². The summed E-state index contributed by atoms with van der Waals surface area (Å²) in [5.74, 6) is 0.781. The van der Waals surface area contributed by atoms with Gasteiger partial charge in [0.15, 0.2) is 19.5 Å². The summed E-state index contributed by atoms with van der Waals surface area (Å²) < 4.78 is 11.4. The second-order valence-electron chi connectivity index (χ2n) is 15.1. The Morgan fingerprint density at radius 3 is 1.48 bits per heavy atom. The van der Waals surface area contributed by atoms with Crippen molar-refractivity contribution in [2.75, 3.05) is 0 Å². The topological polar surface area (TPSA) is 35.9 Å². The van der Waals surface area contributed by atoms with Crippen LogP contribution < -0.4 is 20.7 Å². The monoisotopic (exact) mass is 757 g/mol. The summed E-state index contributed by atoms with van der Waals surface area (Å²) in [6.07, 6.45) is 1.91. The fourth-order valence-electron chi connectivity index (χ4n) is 9.67. The highest BCUT2D eigenvalue weighted by Crippen LogP contribution is 2.39. The van der Waals surface area contributed by atoms with E-state index in [1.807, 2.05) is 18.3 Å². The maximum atomic E-state index is 6.66. The van der Waals surface area contributed by atoms with Crippen LogP contribution in [0.25, 0.3) is 77.1 Å². The van der Waals surface area contributed by atoms with Gasteiger partial charge >= 0.3 is 0 Å². The van der Waals surface area contributed by atoms with Gasteiger partial charge in [-0.25, -0.2) is 4.98 Å². The number of para-hydroxylation sites is 3. The highest BCUT2D eigenvalue weighted by Gasteiger charge is 2.41. The zero-order valence-electron chi connectivity index (χ0n) is 31.5. The fourth-order valence-corrected chi connectivity index (χ4v) is 14.4. The number of pyridine rings is 1. The number of aromatic nitrogens is 3. The summed E-state index contributed by atoms with van der Waals surface area (Å²) in [4.78, 5) is 5.09. The van der Waals surface area contributed by atoms with E-state index in [1.165, 1.54) is 47.9 Å². The van der Waals surface area contributed by atoms with Crippen molar-refractivity contribution in [3.8, 4) is 11.5 Å². The van der Waals surface area contributed by atoms with Crippen LogP contribution in [0.5, 0.6) is 0 Å². The van der Waals surface area contributed by atoms with Crippen LogP contribution in [-0.2, 0) is 0 Å². The van der Waals surface area contributed by atoms with Crippen molar-refractivity contribution in [3.05, 3.63) is 212 Å². The number of hydrogen-bond acceptors (Lipinski definition) is 2. The molecule has 58 heavy (non-hydrogen) atoms. The van der Waals surface area contributed by atoms with Crippen LogP contribution in [0.4, 0.5) is 0 Å². The average molecular weight is 758 g/mol. The SMILES string of the molecule is c1ccc([Si](c2ccccc2)(c2ccccc2)c2ccc3c(c2)c2cc(-n4c5ccccc5c5ccccc54)ccc2n3-c2nccc3c2oc2ccccc23)cc1. The summed E-state index contributed by atoms with van der Waals surface area (Å²) in [6.45, 7) is 0. The van der Waals surface area contributed by atoms with Gasteiger partial charge in [0.1, 0.15) is 5.58 Å². The van der Waals surface area contributed by atoms with Crippen molar-refractivity contribution in [2.45, 2.75) is 0 Å². The summed E-state index contributed by atoms with van der Waals surface area (Å²) in [7, 11) is -2.83. The normalized spacial score (nSPS) is 12.1. The van der Waals surface area contributed by atoms with Crippen LogP contribution in [-0.4, -0.2) is 22.2 Å². The van der Waals surface area contributed by atoms with Crippen LogP contribution in [0.1, 0.15) is 0 Å². The Kier molecular flexibility index (Phi) is 7.21. The molecule has 0 atom stereocenters. The number of nitrogens with zero attached hydrogens (tertiary/aromatic N) is 3. The first kappa shape index (κ1) is 32.7. The van der Waals surface area contributed by atoms with Crippen LogP contribution in [0.15, 0.2) is 217 Å². The predicted molar refractivity (Wildman–Crippen MR) is 244 cm³/mol. The molecule has 0 bridgehead atoms. The number of hydrogen-bond donors (Lipinski definition) is 0. The Hall–Kier alpha value is -7.47. The molecular weight excluding hydrogens is 723 g/mol. The maximum absolute atomic E-state index is 6.66. The minimum absolute atomic E-state index is 0.777.